The Balaban J connectivity index is 1.59. The number of rotatable bonds is 8. The number of thiophene rings is 1. The number of amides is 1. The fourth-order valence-corrected chi connectivity index (χ4v) is 4.51. The Morgan fingerprint density at radius 1 is 1.25 bits per heavy atom. The summed E-state index contributed by atoms with van der Waals surface area (Å²) in [6, 6.07) is 13.8. The van der Waals surface area contributed by atoms with Crippen LogP contribution in [0.1, 0.15) is 32.5 Å². The van der Waals surface area contributed by atoms with Crippen LogP contribution in [0.25, 0.3) is 11.0 Å². The first-order valence-electron chi connectivity index (χ1n) is 10.4. The molecule has 1 amide bonds. The molecule has 3 aromatic heterocycles. The number of aryl methyl sites for hydroxylation is 1. The van der Waals surface area contributed by atoms with Gasteiger partial charge in [0.25, 0.3) is 5.91 Å². The molecule has 1 unspecified atom stereocenters. The van der Waals surface area contributed by atoms with E-state index in [1.807, 2.05) is 67.5 Å². The van der Waals surface area contributed by atoms with E-state index in [9.17, 15) is 4.79 Å². The van der Waals surface area contributed by atoms with Gasteiger partial charge in [-0.1, -0.05) is 24.3 Å². The third kappa shape index (κ3) is 4.51. The van der Waals surface area contributed by atoms with Gasteiger partial charge in [0, 0.05) is 22.7 Å². The summed E-state index contributed by atoms with van der Waals surface area (Å²) in [5, 5.41) is 10.4. The van der Waals surface area contributed by atoms with Crippen molar-refractivity contribution in [2.75, 3.05) is 27.7 Å². The van der Waals surface area contributed by atoms with E-state index in [0.717, 1.165) is 28.0 Å². The third-order valence-corrected chi connectivity index (χ3v) is 6.31. The summed E-state index contributed by atoms with van der Waals surface area (Å²) >= 11 is 1.68. The number of likely N-dealkylation sites (N-methyl/N-ethyl adjacent to an activating group) is 1. The molecular weight excluding hydrogens is 422 g/mol. The lowest BCUT2D eigenvalue weighted by atomic mass is 10.0. The smallest absolute Gasteiger partial charge is 0.252 e. The number of fused-ring (bicyclic) bond motifs is 1. The molecule has 1 aromatic carbocycles. The predicted octanol–water partition coefficient (Wildman–Crippen LogP) is 3.89. The average Bonchev–Trinajstić information content (AvgIpc) is 3.44. The minimum Gasteiger partial charge on any atom is -0.496 e. The highest BCUT2D eigenvalue weighted by molar-refractivity contribution is 7.09. The van der Waals surface area contributed by atoms with Crippen molar-refractivity contribution >= 4 is 28.3 Å². The number of nitrogens with zero attached hydrogens (tertiary/aromatic N) is 4. The van der Waals surface area contributed by atoms with Crippen LogP contribution in [-0.2, 0) is 6.54 Å². The normalized spacial score (nSPS) is 12.3. The summed E-state index contributed by atoms with van der Waals surface area (Å²) < 4.78 is 7.38. The fourth-order valence-electron chi connectivity index (χ4n) is 3.82. The number of carbonyl (C=O) groups excluding carboxylic acids is 1. The monoisotopic (exact) mass is 449 g/mol. The van der Waals surface area contributed by atoms with Crippen LogP contribution in [0.4, 0.5) is 0 Å². The van der Waals surface area contributed by atoms with E-state index >= 15 is 0 Å². The molecule has 3 heterocycles. The number of methoxy groups -OCH3 is 1. The van der Waals surface area contributed by atoms with Gasteiger partial charge in [-0.15, -0.1) is 11.3 Å². The molecular formula is C24H27N5O2S. The molecule has 0 radical (unpaired) electrons. The quantitative estimate of drug-likeness (QED) is 0.442. The Labute approximate surface area is 191 Å². The molecule has 0 saturated carbocycles. The van der Waals surface area contributed by atoms with Crippen LogP contribution in [0, 0.1) is 6.92 Å². The van der Waals surface area contributed by atoms with Gasteiger partial charge < -0.3 is 15.0 Å². The molecule has 8 heteroatoms. The minimum atomic E-state index is -0.141. The fraction of sp³-hybridized carbons (Fsp3) is 0.292. The molecule has 0 fully saturated rings. The summed E-state index contributed by atoms with van der Waals surface area (Å²) in [6.45, 7) is 2.98. The number of nitrogens with one attached hydrogen (secondary N) is 1. The molecule has 0 aliphatic rings. The van der Waals surface area contributed by atoms with E-state index in [4.69, 9.17) is 4.74 Å². The van der Waals surface area contributed by atoms with Gasteiger partial charge >= 0.3 is 0 Å². The highest BCUT2D eigenvalue weighted by atomic mass is 32.1. The Morgan fingerprint density at radius 2 is 2.06 bits per heavy atom. The van der Waals surface area contributed by atoms with Crippen LogP contribution in [0.5, 0.6) is 5.75 Å². The zero-order valence-electron chi connectivity index (χ0n) is 18.7. The second-order valence-electron chi connectivity index (χ2n) is 7.86. The molecule has 0 aliphatic heterocycles. The van der Waals surface area contributed by atoms with Crippen LogP contribution in [0.3, 0.4) is 0 Å². The van der Waals surface area contributed by atoms with Crippen molar-refractivity contribution in [3.05, 3.63) is 75.7 Å². The largest absolute Gasteiger partial charge is 0.496 e. The lowest BCUT2D eigenvalue weighted by Crippen LogP contribution is -2.34. The first-order valence-corrected chi connectivity index (χ1v) is 11.3. The highest BCUT2D eigenvalue weighted by Gasteiger charge is 2.21. The van der Waals surface area contributed by atoms with Crippen molar-refractivity contribution in [2.24, 2.45) is 0 Å². The van der Waals surface area contributed by atoms with Gasteiger partial charge in [-0.05, 0) is 44.6 Å². The maximum atomic E-state index is 13.2. The van der Waals surface area contributed by atoms with E-state index in [1.165, 1.54) is 4.88 Å². The molecule has 7 nitrogen and oxygen atoms in total. The standard InChI is InChI=1S/C24H27N5O2S/c1-16-12-19(20-13-26-29(23(20)27-16)15-17-8-7-11-32-17)24(30)25-14-21(28(2)3)18-9-5-6-10-22(18)31-4/h5-13,21H,14-15H2,1-4H3,(H,25,30). The van der Waals surface area contributed by atoms with Crippen molar-refractivity contribution in [3.8, 4) is 5.75 Å². The number of hydrogen-bond acceptors (Lipinski definition) is 6. The SMILES string of the molecule is COc1ccccc1C(CNC(=O)c1cc(C)nc2c1cnn2Cc1cccs1)N(C)C. The van der Waals surface area contributed by atoms with Crippen LogP contribution >= 0.6 is 11.3 Å². The molecule has 0 spiro atoms. The molecule has 166 valence electrons. The van der Waals surface area contributed by atoms with Crippen molar-refractivity contribution in [2.45, 2.75) is 19.5 Å². The Hall–Kier alpha value is -3.23. The topological polar surface area (TPSA) is 72.3 Å². The van der Waals surface area contributed by atoms with Gasteiger partial charge in [0.2, 0.25) is 0 Å². The molecule has 4 aromatic rings. The van der Waals surface area contributed by atoms with Gasteiger partial charge in [-0.3, -0.25) is 4.79 Å². The van der Waals surface area contributed by atoms with E-state index in [2.05, 4.69) is 26.4 Å². The molecule has 0 saturated heterocycles. The van der Waals surface area contributed by atoms with Crippen LogP contribution < -0.4 is 10.1 Å². The second-order valence-corrected chi connectivity index (χ2v) is 8.89. The van der Waals surface area contributed by atoms with Gasteiger partial charge in [0.15, 0.2) is 5.65 Å². The minimum absolute atomic E-state index is 0.0323. The number of aromatic nitrogens is 3. The molecule has 1 N–H and O–H groups in total. The number of hydrogen-bond donors (Lipinski definition) is 1. The molecule has 4 rings (SSSR count). The highest BCUT2D eigenvalue weighted by Crippen LogP contribution is 2.28. The number of ether oxygens (including phenoxy) is 1. The van der Waals surface area contributed by atoms with E-state index in [-0.39, 0.29) is 11.9 Å². The number of benzene rings is 1. The van der Waals surface area contributed by atoms with Crippen LogP contribution in [-0.4, -0.2) is 53.3 Å². The first-order chi connectivity index (χ1) is 15.5. The van der Waals surface area contributed by atoms with Gasteiger partial charge in [-0.2, -0.15) is 5.10 Å². The number of carbonyl (C=O) groups is 1. The van der Waals surface area contributed by atoms with Crippen molar-refractivity contribution < 1.29 is 9.53 Å². The molecule has 0 aliphatic carbocycles. The molecule has 0 bridgehead atoms. The lowest BCUT2D eigenvalue weighted by molar-refractivity contribution is 0.0943. The zero-order valence-corrected chi connectivity index (χ0v) is 19.5. The van der Waals surface area contributed by atoms with Gasteiger partial charge in [0.1, 0.15) is 5.75 Å². The number of para-hydroxylation sites is 1. The van der Waals surface area contributed by atoms with Crippen LogP contribution in [0.2, 0.25) is 0 Å². The van der Waals surface area contributed by atoms with E-state index < -0.39 is 0 Å². The Bertz CT molecular complexity index is 1220. The predicted molar refractivity (Wildman–Crippen MR) is 127 cm³/mol. The summed E-state index contributed by atoms with van der Waals surface area (Å²) in [6.07, 6.45) is 1.73. The summed E-state index contributed by atoms with van der Waals surface area (Å²) in [7, 11) is 5.65. The van der Waals surface area contributed by atoms with Crippen molar-refractivity contribution in [3.63, 3.8) is 0 Å². The summed E-state index contributed by atoms with van der Waals surface area (Å²) in [5.41, 5.74) is 3.12. The second kappa shape index (κ2) is 9.50. The van der Waals surface area contributed by atoms with Crippen LogP contribution in [0.15, 0.2) is 54.0 Å². The lowest BCUT2D eigenvalue weighted by Gasteiger charge is -2.26. The van der Waals surface area contributed by atoms with Gasteiger partial charge in [0.05, 0.1) is 36.8 Å². The number of pyridine rings is 1. The van der Waals surface area contributed by atoms with E-state index in [0.29, 0.717) is 18.7 Å². The first kappa shape index (κ1) is 22.0. The molecule has 32 heavy (non-hydrogen) atoms. The zero-order chi connectivity index (χ0) is 22.7. The van der Waals surface area contributed by atoms with Crippen molar-refractivity contribution in [1.29, 1.82) is 0 Å². The Kier molecular flexibility index (Phi) is 6.53. The summed E-state index contributed by atoms with van der Waals surface area (Å²) in [4.78, 5) is 21.1. The molecule has 1 atom stereocenters. The van der Waals surface area contributed by atoms with Gasteiger partial charge in [-0.25, -0.2) is 9.67 Å². The Morgan fingerprint density at radius 3 is 2.78 bits per heavy atom. The maximum Gasteiger partial charge on any atom is 0.252 e. The van der Waals surface area contributed by atoms with E-state index in [1.54, 1.807) is 24.6 Å². The average molecular weight is 450 g/mol. The maximum absolute atomic E-state index is 13.2. The summed E-state index contributed by atoms with van der Waals surface area (Å²) in [5.74, 6) is 0.662. The third-order valence-electron chi connectivity index (χ3n) is 5.44. The van der Waals surface area contributed by atoms with Crippen molar-refractivity contribution in [1.82, 2.24) is 25.0 Å².